The van der Waals surface area contributed by atoms with Crippen LogP contribution >= 0.6 is 11.6 Å². The summed E-state index contributed by atoms with van der Waals surface area (Å²) in [6, 6.07) is 3.08. The highest BCUT2D eigenvalue weighted by atomic mass is 35.5. The number of methoxy groups -OCH3 is 1. The zero-order valence-electron chi connectivity index (χ0n) is 9.07. The molecular weight excluding hydrogens is 230 g/mol. The van der Waals surface area contributed by atoms with Crippen molar-refractivity contribution in [2.75, 3.05) is 20.3 Å². The second kappa shape index (κ2) is 7.14. The minimum Gasteiger partial charge on any atom is -0.385 e. The van der Waals surface area contributed by atoms with Gasteiger partial charge in [0, 0.05) is 20.3 Å². The highest BCUT2D eigenvalue weighted by Crippen LogP contribution is 2.01. The highest BCUT2D eigenvalue weighted by Gasteiger charge is 2.06. The van der Waals surface area contributed by atoms with Gasteiger partial charge in [-0.3, -0.25) is 4.79 Å². The molecule has 6 heteroatoms. The van der Waals surface area contributed by atoms with E-state index in [4.69, 9.17) is 16.3 Å². The third-order valence-electron chi connectivity index (χ3n) is 1.93. The average Bonchev–Trinajstić information content (AvgIpc) is 2.29. The minimum atomic E-state index is -0.235. The number of hydrogen-bond acceptors (Lipinski definition) is 4. The molecule has 0 spiro atoms. The van der Waals surface area contributed by atoms with Crippen LogP contribution in [0.1, 0.15) is 23.3 Å². The predicted molar refractivity (Wildman–Crippen MR) is 60.5 cm³/mol. The first-order valence-electron chi connectivity index (χ1n) is 5.00. The van der Waals surface area contributed by atoms with Crippen LogP contribution < -0.4 is 5.32 Å². The molecule has 0 aliphatic heterocycles. The van der Waals surface area contributed by atoms with E-state index in [-0.39, 0.29) is 16.8 Å². The molecule has 0 radical (unpaired) electrons. The lowest BCUT2D eigenvalue weighted by molar-refractivity contribution is 0.0945. The molecule has 0 atom stereocenters. The summed E-state index contributed by atoms with van der Waals surface area (Å²) < 4.78 is 4.90. The van der Waals surface area contributed by atoms with E-state index in [1.807, 2.05) is 0 Å². The van der Waals surface area contributed by atoms with Gasteiger partial charge in [-0.2, -0.15) is 0 Å². The van der Waals surface area contributed by atoms with Gasteiger partial charge in [0.1, 0.15) is 0 Å². The van der Waals surface area contributed by atoms with E-state index in [0.717, 1.165) is 12.8 Å². The van der Waals surface area contributed by atoms with Crippen molar-refractivity contribution in [1.82, 2.24) is 15.5 Å². The lowest BCUT2D eigenvalue weighted by Gasteiger charge is -2.03. The maximum atomic E-state index is 11.5. The number of unbranched alkanes of at least 4 members (excludes halogenated alkanes) is 1. The topological polar surface area (TPSA) is 64.1 Å². The first kappa shape index (κ1) is 12.9. The molecule has 0 saturated heterocycles. The number of ether oxygens (including phenoxy) is 1. The molecule has 0 fully saturated rings. The predicted octanol–water partition coefficient (Wildman–Crippen LogP) is 1.29. The van der Waals surface area contributed by atoms with Crippen molar-refractivity contribution in [3.05, 3.63) is 23.0 Å². The fourth-order valence-electron chi connectivity index (χ4n) is 1.10. The SMILES string of the molecule is COCCCCNC(=O)c1ccc(Cl)nn1. The van der Waals surface area contributed by atoms with Crippen LogP contribution in [0.4, 0.5) is 0 Å². The largest absolute Gasteiger partial charge is 0.385 e. The van der Waals surface area contributed by atoms with Crippen molar-refractivity contribution in [3.8, 4) is 0 Å². The maximum Gasteiger partial charge on any atom is 0.271 e. The van der Waals surface area contributed by atoms with Gasteiger partial charge in [0.05, 0.1) is 0 Å². The van der Waals surface area contributed by atoms with Crippen LogP contribution in [0.5, 0.6) is 0 Å². The summed E-state index contributed by atoms with van der Waals surface area (Å²) in [6.07, 6.45) is 1.80. The molecule has 1 aromatic heterocycles. The number of rotatable bonds is 6. The Morgan fingerprint density at radius 1 is 1.44 bits per heavy atom. The smallest absolute Gasteiger partial charge is 0.271 e. The monoisotopic (exact) mass is 243 g/mol. The average molecular weight is 244 g/mol. The van der Waals surface area contributed by atoms with E-state index in [9.17, 15) is 4.79 Å². The molecule has 1 amide bonds. The summed E-state index contributed by atoms with van der Waals surface area (Å²) >= 11 is 5.56. The Balaban J connectivity index is 2.27. The molecule has 5 nitrogen and oxygen atoms in total. The molecule has 0 unspecified atom stereocenters. The van der Waals surface area contributed by atoms with Gasteiger partial charge in [0.25, 0.3) is 5.91 Å². The molecule has 0 aliphatic rings. The maximum absolute atomic E-state index is 11.5. The fourth-order valence-corrected chi connectivity index (χ4v) is 1.20. The fraction of sp³-hybridized carbons (Fsp3) is 0.500. The molecular formula is C10H14ClN3O2. The second-order valence-corrected chi connectivity index (χ2v) is 3.58. The van der Waals surface area contributed by atoms with Gasteiger partial charge in [0.15, 0.2) is 10.8 Å². The van der Waals surface area contributed by atoms with Crippen molar-refractivity contribution in [2.45, 2.75) is 12.8 Å². The van der Waals surface area contributed by atoms with Gasteiger partial charge < -0.3 is 10.1 Å². The number of aromatic nitrogens is 2. The van der Waals surface area contributed by atoms with Crippen LogP contribution in [-0.4, -0.2) is 36.4 Å². The van der Waals surface area contributed by atoms with Gasteiger partial charge in [-0.05, 0) is 25.0 Å². The van der Waals surface area contributed by atoms with E-state index >= 15 is 0 Å². The summed E-state index contributed by atoms with van der Waals surface area (Å²) in [5.41, 5.74) is 0.274. The lowest BCUT2D eigenvalue weighted by Crippen LogP contribution is -2.25. The van der Waals surface area contributed by atoms with Crippen molar-refractivity contribution >= 4 is 17.5 Å². The van der Waals surface area contributed by atoms with Gasteiger partial charge >= 0.3 is 0 Å². The molecule has 88 valence electrons. The summed E-state index contributed by atoms with van der Waals surface area (Å²) in [4.78, 5) is 11.5. The molecule has 1 N–H and O–H groups in total. The summed E-state index contributed by atoms with van der Waals surface area (Å²) in [7, 11) is 1.65. The van der Waals surface area contributed by atoms with Gasteiger partial charge in [-0.25, -0.2) is 0 Å². The Morgan fingerprint density at radius 3 is 2.88 bits per heavy atom. The highest BCUT2D eigenvalue weighted by molar-refractivity contribution is 6.29. The molecule has 1 rings (SSSR count). The number of carbonyl (C=O) groups excluding carboxylic acids is 1. The number of amides is 1. The first-order valence-corrected chi connectivity index (χ1v) is 5.38. The molecule has 0 bridgehead atoms. The zero-order chi connectivity index (χ0) is 11.8. The van der Waals surface area contributed by atoms with E-state index in [1.54, 1.807) is 13.2 Å². The molecule has 0 aliphatic carbocycles. The van der Waals surface area contributed by atoms with Gasteiger partial charge in [-0.15, -0.1) is 10.2 Å². The standard InChI is InChI=1S/C10H14ClN3O2/c1-16-7-3-2-6-12-10(15)8-4-5-9(11)14-13-8/h4-5H,2-3,6-7H2,1H3,(H,12,15). The Bertz CT molecular complexity index is 329. The Morgan fingerprint density at radius 2 is 2.25 bits per heavy atom. The third kappa shape index (κ3) is 4.55. The summed E-state index contributed by atoms with van der Waals surface area (Å²) in [6.45, 7) is 1.31. The Labute approximate surface area is 99.2 Å². The first-order chi connectivity index (χ1) is 7.74. The van der Waals surface area contributed by atoms with E-state index < -0.39 is 0 Å². The Kier molecular flexibility index (Phi) is 5.74. The quantitative estimate of drug-likeness (QED) is 0.765. The van der Waals surface area contributed by atoms with Crippen LogP contribution in [0.3, 0.4) is 0 Å². The number of nitrogens with zero attached hydrogens (tertiary/aromatic N) is 2. The molecule has 0 saturated carbocycles. The summed E-state index contributed by atoms with van der Waals surface area (Å²) in [5.74, 6) is -0.235. The van der Waals surface area contributed by atoms with Crippen LogP contribution in [0.2, 0.25) is 5.15 Å². The normalized spacial score (nSPS) is 10.1. The minimum absolute atomic E-state index is 0.235. The Hall–Kier alpha value is -1.20. The molecule has 0 aromatic carbocycles. The molecule has 16 heavy (non-hydrogen) atoms. The molecule has 1 aromatic rings. The van der Waals surface area contributed by atoms with Crippen LogP contribution in [-0.2, 0) is 4.74 Å². The zero-order valence-corrected chi connectivity index (χ0v) is 9.83. The number of hydrogen-bond donors (Lipinski definition) is 1. The van der Waals surface area contributed by atoms with E-state index in [1.165, 1.54) is 6.07 Å². The van der Waals surface area contributed by atoms with Gasteiger partial charge in [-0.1, -0.05) is 11.6 Å². The molecule has 1 heterocycles. The third-order valence-corrected chi connectivity index (χ3v) is 2.13. The van der Waals surface area contributed by atoms with Gasteiger partial charge in [0.2, 0.25) is 0 Å². The van der Waals surface area contributed by atoms with E-state index in [0.29, 0.717) is 13.2 Å². The van der Waals surface area contributed by atoms with Crippen LogP contribution in [0, 0.1) is 0 Å². The van der Waals surface area contributed by atoms with Crippen LogP contribution in [0.15, 0.2) is 12.1 Å². The van der Waals surface area contributed by atoms with E-state index in [2.05, 4.69) is 15.5 Å². The van der Waals surface area contributed by atoms with Crippen molar-refractivity contribution in [3.63, 3.8) is 0 Å². The second-order valence-electron chi connectivity index (χ2n) is 3.20. The van der Waals surface area contributed by atoms with Crippen molar-refractivity contribution < 1.29 is 9.53 Å². The van der Waals surface area contributed by atoms with Crippen molar-refractivity contribution in [1.29, 1.82) is 0 Å². The van der Waals surface area contributed by atoms with Crippen molar-refractivity contribution in [2.24, 2.45) is 0 Å². The number of nitrogens with one attached hydrogen (secondary N) is 1. The summed E-state index contributed by atoms with van der Waals surface area (Å²) in [5, 5.41) is 10.3. The number of halogens is 1. The lowest BCUT2D eigenvalue weighted by atomic mass is 10.3. The van der Waals surface area contributed by atoms with Crippen LogP contribution in [0.25, 0.3) is 0 Å². The number of carbonyl (C=O) groups is 1.